The van der Waals surface area contributed by atoms with Crippen LogP contribution in [0, 0.1) is 0 Å². The summed E-state index contributed by atoms with van der Waals surface area (Å²) in [6.07, 6.45) is 4.25. The first-order valence-corrected chi connectivity index (χ1v) is 11.9. The van der Waals surface area contributed by atoms with Crippen molar-refractivity contribution in [1.29, 1.82) is 0 Å². The van der Waals surface area contributed by atoms with Gasteiger partial charge in [-0.25, -0.2) is 4.98 Å². The SMILES string of the molecule is O=C(CSc1nc2ccccc2c(=O)n1-c1ccc(SC(F)F)cc1)NC1CCCC1. The first-order chi connectivity index (χ1) is 15.0. The van der Waals surface area contributed by atoms with Gasteiger partial charge in [0.1, 0.15) is 0 Å². The van der Waals surface area contributed by atoms with Gasteiger partial charge in [0.05, 0.1) is 22.3 Å². The molecule has 162 valence electrons. The number of fused-ring (bicyclic) bond motifs is 1. The number of rotatable bonds is 7. The molecule has 0 saturated heterocycles. The second kappa shape index (κ2) is 9.82. The lowest BCUT2D eigenvalue weighted by Crippen LogP contribution is -2.34. The van der Waals surface area contributed by atoms with E-state index in [-0.39, 0.29) is 23.3 Å². The largest absolute Gasteiger partial charge is 0.353 e. The quantitative estimate of drug-likeness (QED) is 0.403. The Bertz CT molecular complexity index is 1130. The van der Waals surface area contributed by atoms with Crippen molar-refractivity contribution in [3.63, 3.8) is 0 Å². The van der Waals surface area contributed by atoms with Crippen molar-refractivity contribution in [3.8, 4) is 5.69 Å². The van der Waals surface area contributed by atoms with Crippen LogP contribution in [0.1, 0.15) is 25.7 Å². The van der Waals surface area contributed by atoms with Crippen LogP contribution < -0.4 is 10.9 Å². The van der Waals surface area contributed by atoms with E-state index in [1.807, 2.05) is 0 Å². The molecule has 1 aliphatic carbocycles. The highest BCUT2D eigenvalue weighted by Crippen LogP contribution is 2.27. The molecular formula is C22H21F2N3O2S2. The number of carbonyl (C=O) groups excluding carboxylic acids is 1. The van der Waals surface area contributed by atoms with Crippen LogP contribution in [0.3, 0.4) is 0 Å². The molecule has 5 nitrogen and oxygen atoms in total. The Morgan fingerprint density at radius 1 is 1.13 bits per heavy atom. The number of aromatic nitrogens is 2. The van der Waals surface area contributed by atoms with E-state index in [9.17, 15) is 18.4 Å². The lowest BCUT2D eigenvalue weighted by atomic mass is 10.2. The number of amides is 1. The Labute approximate surface area is 186 Å². The fourth-order valence-electron chi connectivity index (χ4n) is 3.68. The fourth-order valence-corrected chi connectivity index (χ4v) is 5.01. The number of hydrogen-bond acceptors (Lipinski definition) is 5. The first kappa shape index (κ1) is 21.8. The zero-order valence-corrected chi connectivity index (χ0v) is 18.2. The Balaban J connectivity index is 1.64. The Morgan fingerprint density at radius 2 is 1.84 bits per heavy atom. The summed E-state index contributed by atoms with van der Waals surface area (Å²) < 4.78 is 26.7. The van der Waals surface area contributed by atoms with E-state index in [0.717, 1.165) is 25.7 Å². The number of halogens is 2. The molecule has 9 heteroatoms. The number of nitrogens with zero attached hydrogens (tertiary/aromatic N) is 2. The third-order valence-corrected chi connectivity index (χ3v) is 6.78. The summed E-state index contributed by atoms with van der Waals surface area (Å²) in [7, 11) is 0. The molecule has 1 N–H and O–H groups in total. The van der Waals surface area contributed by atoms with Crippen molar-refractivity contribution >= 4 is 40.3 Å². The molecule has 4 rings (SSSR count). The van der Waals surface area contributed by atoms with Crippen LogP contribution in [0.25, 0.3) is 16.6 Å². The highest BCUT2D eigenvalue weighted by Gasteiger charge is 2.19. The zero-order chi connectivity index (χ0) is 21.8. The van der Waals surface area contributed by atoms with E-state index in [2.05, 4.69) is 10.3 Å². The predicted octanol–water partition coefficient (Wildman–Crippen LogP) is 4.85. The molecule has 0 spiro atoms. The van der Waals surface area contributed by atoms with Crippen LogP contribution in [0.4, 0.5) is 8.78 Å². The third kappa shape index (κ3) is 5.27. The molecule has 3 aromatic rings. The van der Waals surface area contributed by atoms with E-state index in [4.69, 9.17) is 0 Å². The molecule has 2 aromatic carbocycles. The van der Waals surface area contributed by atoms with Gasteiger partial charge in [0, 0.05) is 10.9 Å². The topological polar surface area (TPSA) is 64.0 Å². The number of thioether (sulfide) groups is 2. The molecule has 1 amide bonds. The average molecular weight is 462 g/mol. The maximum Gasteiger partial charge on any atom is 0.288 e. The highest BCUT2D eigenvalue weighted by atomic mass is 32.2. The van der Waals surface area contributed by atoms with Crippen LogP contribution in [0.5, 0.6) is 0 Å². The van der Waals surface area contributed by atoms with Gasteiger partial charge in [-0.05, 0) is 49.2 Å². The second-order valence-corrected chi connectivity index (χ2v) is 9.27. The van der Waals surface area contributed by atoms with Crippen LogP contribution in [0.15, 0.2) is 63.4 Å². The molecule has 1 aromatic heterocycles. The normalized spacial score (nSPS) is 14.4. The molecule has 1 fully saturated rings. The van der Waals surface area contributed by atoms with E-state index < -0.39 is 5.76 Å². The molecule has 0 aliphatic heterocycles. The Kier molecular flexibility index (Phi) is 6.92. The molecular weight excluding hydrogens is 440 g/mol. The van der Waals surface area contributed by atoms with Crippen LogP contribution in [0.2, 0.25) is 0 Å². The fraction of sp³-hybridized carbons (Fsp3) is 0.318. The van der Waals surface area contributed by atoms with E-state index in [0.29, 0.717) is 38.4 Å². The summed E-state index contributed by atoms with van der Waals surface area (Å²) >= 11 is 1.64. The molecule has 1 saturated carbocycles. The van der Waals surface area contributed by atoms with Gasteiger partial charge in [0.15, 0.2) is 5.16 Å². The summed E-state index contributed by atoms with van der Waals surface area (Å²) in [6, 6.07) is 13.6. The number of carbonyl (C=O) groups is 1. The lowest BCUT2D eigenvalue weighted by Gasteiger charge is -2.15. The molecule has 1 aliphatic rings. The van der Waals surface area contributed by atoms with Crippen molar-refractivity contribution in [2.24, 2.45) is 0 Å². The minimum absolute atomic E-state index is 0.0884. The van der Waals surface area contributed by atoms with Gasteiger partial charge >= 0.3 is 0 Å². The average Bonchev–Trinajstić information content (AvgIpc) is 3.26. The molecule has 0 bridgehead atoms. The van der Waals surface area contributed by atoms with Crippen molar-refractivity contribution in [3.05, 3.63) is 58.9 Å². The van der Waals surface area contributed by atoms with Gasteiger partial charge in [-0.1, -0.05) is 48.5 Å². The van der Waals surface area contributed by atoms with Crippen molar-refractivity contribution < 1.29 is 13.6 Å². The summed E-state index contributed by atoms with van der Waals surface area (Å²) in [6.45, 7) is 0. The summed E-state index contributed by atoms with van der Waals surface area (Å²) in [5.74, 6) is -2.46. The zero-order valence-electron chi connectivity index (χ0n) is 16.6. The monoisotopic (exact) mass is 461 g/mol. The highest BCUT2D eigenvalue weighted by molar-refractivity contribution is 8.00. The summed E-state index contributed by atoms with van der Waals surface area (Å²) in [4.78, 5) is 30.6. The summed E-state index contributed by atoms with van der Waals surface area (Å²) in [5.41, 5.74) is 0.798. The minimum Gasteiger partial charge on any atom is -0.353 e. The number of nitrogens with one attached hydrogen (secondary N) is 1. The lowest BCUT2D eigenvalue weighted by molar-refractivity contribution is -0.119. The standard InChI is InChI=1S/C22H21F2N3O2S2/c23-21(24)31-16-11-9-15(10-12-16)27-20(29)17-7-3-4-8-18(17)26-22(27)30-13-19(28)25-14-5-1-2-6-14/h3-4,7-12,14,21H,1-2,5-6,13H2,(H,25,28). The van der Waals surface area contributed by atoms with Gasteiger partial charge in [0.2, 0.25) is 5.91 Å². The molecule has 1 heterocycles. The number of para-hydroxylation sites is 1. The number of hydrogen-bond donors (Lipinski definition) is 1. The van der Waals surface area contributed by atoms with Gasteiger partial charge in [-0.2, -0.15) is 8.78 Å². The van der Waals surface area contributed by atoms with Gasteiger partial charge < -0.3 is 5.32 Å². The smallest absolute Gasteiger partial charge is 0.288 e. The van der Waals surface area contributed by atoms with Crippen molar-refractivity contribution in [2.75, 3.05) is 5.75 Å². The molecule has 0 radical (unpaired) electrons. The molecule has 0 unspecified atom stereocenters. The van der Waals surface area contributed by atoms with Crippen LogP contribution >= 0.6 is 23.5 Å². The predicted molar refractivity (Wildman–Crippen MR) is 120 cm³/mol. The second-order valence-electron chi connectivity index (χ2n) is 7.26. The van der Waals surface area contributed by atoms with E-state index in [1.54, 1.807) is 48.5 Å². The Morgan fingerprint density at radius 3 is 2.55 bits per heavy atom. The summed E-state index contributed by atoms with van der Waals surface area (Å²) in [5, 5.41) is 3.88. The van der Waals surface area contributed by atoms with E-state index in [1.165, 1.54) is 16.3 Å². The van der Waals surface area contributed by atoms with Gasteiger partial charge in [0.25, 0.3) is 11.3 Å². The van der Waals surface area contributed by atoms with E-state index >= 15 is 0 Å². The van der Waals surface area contributed by atoms with Crippen molar-refractivity contribution in [1.82, 2.24) is 14.9 Å². The Hall–Kier alpha value is -2.39. The number of benzene rings is 2. The molecule has 0 atom stereocenters. The first-order valence-electron chi connectivity index (χ1n) is 10.0. The molecule has 31 heavy (non-hydrogen) atoms. The van der Waals surface area contributed by atoms with Crippen molar-refractivity contribution in [2.45, 2.75) is 47.5 Å². The van der Waals surface area contributed by atoms with Crippen LogP contribution in [-0.2, 0) is 4.79 Å². The minimum atomic E-state index is -2.51. The van der Waals surface area contributed by atoms with Gasteiger partial charge in [-0.3, -0.25) is 14.2 Å². The van der Waals surface area contributed by atoms with Crippen LogP contribution in [-0.4, -0.2) is 33.0 Å². The number of alkyl halides is 2. The maximum absolute atomic E-state index is 13.2. The maximum atomic E-state index is 13.2. The van der Waals surface area contributed by atoms with Gasteiger partial charge in [-0.15, -0.1) is 0 Å². The third-order valence-electron chi connectivity index (χ3n) is 5.12.